The molecule has 0 saturated heterocycles. The highest BCUT2D eigenvalue weighted by Crippen LogP contribution is 2.18. The van der Waals surface area contributed by atoms with Gasteiger partial charge < -0.3 is 9.47 Å². The van der Waals surface area contributed by atoms with Crippen molar-refractivity contribution in [1.29, 1.82) is 0 Å². The summed E-state index contributed by atoms with van der Waals surface area (Å²) in [4.78, 5) is 27.2. The fraction of sp³-hybridized carbons (Fsp3) is 0.267. The average molecular weight is 320 g/mol. The number of hydrogen-bond donors (Lipinski definition) is 1. The van der Waals surface area contributed by atoms with E-state index in [0.717, 1.165) is 0 Å². The fourth-order valence-electron chi connectivity index (χ4n) is 1.50. The van der Waals surface area contributed by atoms with Gasteiger partial charge in [0.1, 0.15) is 11.4 Å². The van der Waals surface area contributed by atoms with Crippen LogP contribution >= 0.6 is 11.3 Å². The molecule has 0 spiro atoms. The van der Waals surface area contributed by atoms with Crippen molar-refractivity contribution < 1.29 is 19.1 Å². The molecule has 0 fully saturated rings. The second kappa shape index (κ2) is 6.57. The van der Waals surface area contributed by atoms with E-state index in [2.05, 4.69) is 10.3 Å². The number of nitrogens with one attached hydrogen (secondary N) is 1. The average Bonchev–Trinajstić information content (AvgIpc) is 2.92. The summed E-state index contributed by atoms with van der Waals surface area (Å²) >= 11 is 1.32. The van der Waals surface area contributed by atoms with Crippen LogP contribution in [0.15, 0.2) is 35.2 Å². The van der Waals surface area contributed by atoms with Gasteiger partial charge in [0.25, 0.3) is 0 Å². The van der Waals surface area contributed by atoms with Gasteiger partial charge in [-0.15, -0.1) is 11.3 Å². The number of hydrogen-bond acceptors (Lipinski definition) is 6. The van der Waals surface area contributed by atoms with Crippen molar-refractivity contribution in [1.82, 2.24) is 4.98 Å². The summed E-state index contributed by atoms with van der Waals surface area (Å²) in [5, 5.41) is 4.21. The maximum atomic E-state index is 11.7. The monoisotopic (exact) mass is 320 g/mol. The number of nitrogens with zero attached hydrogens (tertiary/aromatic N) is 1. The Hall–Kier alpha value is -2.41. The van der Waals surface area contributed by atoms with Crippen LogP contribution in [-0.2, 0) is 4.74 Å². The minimum Gasteiger partial charge on any atom is -0.444 e. The molecule has 1 amide bonds. The lowest BCUT2D eigenvalue weighted by Gasteiger charge is -2.19. The number of benzene rings is 1. The van der Waals surface area contributed by atoms with Gasteiger partial charge in [-0.1, -0.05) is 0 Å². The second-order valence-corrected chi connectivity index (χ2v) is 6.13. The quantitative estimate of drug-likeness (QED) is 0.689. The fourth-order valence-corrected chi connectivity index (χ4v) is 2.02. The lowest BCUT2D eigenvalue weighted by molar-refractivity contribution is 0.0634. The molecule has 2 aromatic rings. The van der Waals surface area contributed by atoms with Crippen LogP contribution in [0.2, 0.25) is 0 Å². The summed E-state index contributed by atoms with van der Waals surface area (Å²) in [6.45, 7) is 5.36. The van der Waals surface area contributed by atoms with Crippen molar-refractivity contribution in [3.05, 3.63) is 40.8 Å². The number of carbonyl (C=O) groups excluding carboxylic acids is 2. The van der Waals surface area contributed by atoms with Crippen LogP contribution in [0.3, 0.4) is 0 Å². The van der Waals surface area contributed by atoms with Gasteiger partial charge >= 0.3 is 12.1 Å². The molecule has 0 saturated carbocycles. The van der Waals surface area contributed by atoms with E-state index in [1.54, 1.807) is 55.9 Å². The largest absolute Gasteiger partial charge is 0.444 e. The van der Waals surface area contributed by atoms with Gasteiger partial charge in [0.15, 0.2) is 5.69 Å². The third kappa shape index (κ3) is 4.85. The molecule has 1 N–H and O–H groups in total. The molecule has 116 valence electrons. The Morgan fingerprint density at radius 3 is 2.41 bits per heavy atom. The topological polar surface area (TPSA) is 77.5 Å². The summed E-state index contributed by atoms with van der Waals surface area (Å²) in [5.41, 5.74) is 1.81. The number of rotatable bonds is 3. The van der Waals surface area contributed by atoms with E-state index in [-0.39, 0.29) is 5.69 Å². The van der Waals surface area contributed by atoms with E-state index in [1.165, 1.54) is 11.3 Å². The van der Waals surface area contributed by atoms with E-state index in [9.17, 15) is 9.59 Å². The van der Waals surface area contributed by atoms with E-state index in [1.807, 2.05) is 0 Å². The Labute approximate surface area is 132 Å². The number of thiazole rings is 1. The van der Waals surface area contributed by atoms with Crippen molar-refractivity contribution in [2.75, 3.05) is 5.32 Å². The van der Waals surface area contributed by atoms with E-state index < -0.39 is 17.7 Å². The van der Waals surface area contributed by atoms with E-state index in [0.29, 0.717) is 11.4 Å². The molecule has 22 heavy (non-hydrogen) atoms. The lowest BCUT2D eigenvalue weighted by Crippen LogP contribution is -2.27. The summed E-state index contributed by atoms with van der Waals surface area (Å²) < 4.78 is 10.3. The molecule has 2 rings (SSSR count). The molecule has 0 unspecified atom stereocenters. The first-order valence-electron chi connectivity index (χ1n) is 6.54. The van der Waals surface area contributed by atoms with Crippen LogP contribution < -0.4 is 10.1 Å². The number of carbonyl (C=O) groups is 2. The molecule has 1 aromatic heterocycles. The van der Waals surface area contributed by atoms with Crippen LogP contribution in [0.1, 0.15) is 31.3 Å². The Morgan fingerprint density at radius 2 is 1.86 bits per heavy atom. The molecule has 0 aliphatic heterocycles. The van der Waals surface area contributed by atoms with Crippen molar-refractivity contribution in [3.63, 3.8) is 0 Å². The van der Waals surface area contributed by atoms with Crippen LogP contribution in [0.25, 0.3) is 0 Å². The van der Waals surface area contributed by atoms with Crippen LogP contribution in [0, 0.1) is 0 Å². The number of amides is 1. The Bertz CT molecular complexity index is 645. The van der Waals surface area contributed by atoms with E-state index in [4.69, 9.17) is 9.47 Å². The van der Waals surface area contributed by atoms with Crippen molar-refractivity contribution in [2.45, 2.75) is 26.4 Å². The smallest absolute Gasteiger partial charge is 0.412 e. The highest BCUT2D eigenvalue weighted by molar-refractivity contribution is 7.07. The van der Waals surface area contributed by atoms with Crippen molar-refractivity contribution in [3.8, 4) is 5.75 Å². The maximum absolute atomic E-state index is 11.7. The summed E-state index contributed by atoms with van der Waals surface area (Å²) in [6, 6.07) is 6.40. The first-order chi connectivity index (χ1) is 10.3. The van der Waals surface area contributed by atoms with Crippen molar-refractivity contribution in [2.24, 2.45) is 0 Å². The number of ether oxygens (including phenoxy) is 2. The van der Waals surface area contributed by atoms with Gasteiger partial charge in [0.05, 0.1) is 5.51 Å². The van der Waals surface area contributed by atoms with Crippen molar-refractivity contribution >= 4 is 29.1 Å². The molecule has 0 bridgehead atoms. The normalized spacial score (nSPS) is 10.9. The van der Waals surface area contributed by atoms with Gasteiger partial charge in [-0.2, -0.15) is 0 Å². The van der Waals surface area contributed by atoms with Crippen LogP contribution in [0.4, 0.5) is 10.5 Å². The molecular weight excluding hydrogens is 304 g/mol. The SMILES string of the molecule is CC(C)(C)OC(=O)Nc1ccc(OC(=O)c2cscn2)cc1. The molecule has 0 radical (unpaired) electrons. The van der Waals surface area contributed by atoms with Crippen LogP contribution in [-0.4, -0.2) is 22.6 Å². The molecule has 1 aromatic carbocycles. The Morgan fingerprint density at radius 1 is 1.18 bits per heavy atom. The minimum absolute atomic E-state index is 0.265. The molecule has 0 atom stereocenters. The summed E-state index contributed by atoms with van der Waals surface area (Å²) in [6.07, 6.45) is -0.542. The number of aromatic nitrogens is 1. The molecule has 0 aliphatic carbocycles. The molecule has 6 nitrogen and oxygen atoms in total. The van der Waals surface area contributed by atoms with Gasteiger partial charge in [-0.25, -0.2) is 14.6 Å². The predicted molar refractivity (Wildman–Crippen MR) is 83.4 cm³/mol. The van der Waals surface area contributed by atoms with Gasteiger partial charge in [-0.3, -0.25) is 5.32 Å². The minimum atomic E-state index is -0.562. The third-order valence-electron chi connectivity index (χ3n) is 2.35. The van der Waals surface area contributed by atoms with Gasteiger partial charge in [0, 0.05) is 11.1 Å². The maximum Gasteiger partial charge on any atom is 0.412 e. The lowest BCUT2D eigenvalue weighted by atomic mass is 10.2. The second-order valence-electron chi connectivity index (χ2n) is 5.41. The highest BCUT2D eigenvalue weighted by atomic mass is 32.1. The molecule has 7 heteroatoms. The predicted octanol–water partition coefficient (Wildman–Crippen LogP) is 3.71. The van der Waals surface area contributed by atoms with Gasteiger partial charge in [-0.05, 0) is 45.0 Å². The van der Waals surface area contributed by atoms with Crippen LogP contribution in [0.5, 0.6) is 5.75 Å². The zero-order chi connectivity index (χ0) is 16.2. The standard InChI is InChI=1S/C15H16N2O4S/c1-15(2,3)21-14(19)17-10-4-6-11(7-5-10)20-13(18)12-8-22-9-16-12/h4-9H,1-3H3,(H,17,19). The zero-order valence-electron chi connectivity index (χ0n) is 12.5. The number of esters is 1. The third-order valence-corrected chi connectivity index (χ3v) is 2.94. The number of anilines is 1. The Balaban J connectivity index is 1.93. The first-order valence-corrected chi connectivity index (χ1v) is 7.48. The molecular formula is C15H16N2O4S. The molecule has 1 heterocycles. The zero-order valence-corrected chi connectivity index (χ0v) is 13.3. The van der Waals surface area contributed by atoms with E-state index >= 15 is 0 Å². The summed E-state index contributed by atoms with van der Waals surface area (Å²) in [7, 11) is 0. The van der Waals surface area contributed by atoms with Gasteiger partial charge in [0.2, 0.25) is 0 Å². The summed E-state index contributed by atoms with van der Waals surface area (Å²) in [5.74, 6) is -0.151. The molecule has 0 aliphatic rings. The first kappa shape index (κ1) is 16.0. The Kier molecular flexibility index (Phi) is 4.77. The highest BCUT2D eigenvalue weighted by Gasteiger charge is 2.16.